The minimum atomic E-state index is -0.455. The molecule has 27 heavy (non-hydrogen) atoms. The van der Waals surface area contributed by atoms with Gasteiger partial charge in [0.25, 0.3) is 0 Å². The van der Waals surface area contributed by atoms with Gasteiger partial charge in [0.1, 0.15) is 5.75 Å². The summed E-state index contributed by atoms with van der Waals surface area (Å²) in [6.07, 6.45) is 2.00. The molecule has 1 aliphatic carbocycles. The number of carbonyl (C=O) groups excluding carboxylic acids is 2. The number of hydrogen-bond donors (Lipinski definition) is 4. The highest BCUT2D eigenvalue weighted by atomic mass is 16.3. The van der Waals surface area contributed by atoms with Crippen LogP contribution in [0.1, 0.15) is 51.6 Å². The van der Waals surface area contributed by atoms with Crippen molar-refractivity contribution in [2.45, 2.75) is 19.8 Å². The van der Waals surface area contributed by atoms with Crippen LogP contribution in [0.15, 0.2) is 30.3 Å². The average molecular weight is 369 g/mol. The summed E-state index contributed by atoms with van der Waals surface area (Å²) in [6.45, 7) is 4.81. The Hall–Kier alpha value is -2.86. The lowest BCUT2D eigenvalue weighted by Gasteiger charge is -2.21. The first kappa shape index (κ1) is 18.9. The predicted molar refractivity (Wildman–Crippen MR) is 103 cm³/mol. The number of benzene rings is 2. The average Bonchev–Trinajstić information content (AvgIpc) is 2.65. The highest BCUT2D eigenvalue weighted by molar-refractivity contribution is 6.30. The van der Waals surface area contributed by atoms with E-state index in [1.165, 1.54) is 11.0 Å². The van der Waals surface area contributed by atoms with Gasteiger partial charge in [0.15, 0.2) is 17.3 Å². The third-order valence-corrected chi connectivity index (χ3v) is 4.92. The van der Waals surface area contributed by atoms with Gasteiger partial charge in [-0.05, 0) is 6.42 Å². The predicted octanol–water partition coefficient (Wildman–Crippen LogP) is 1.60. The number of quaternary nitrogens is 1. The first-order chi connectivity index (χ1) is 13.0. The number of phenols is 2. The van der Waals surface area contributed by atoms with Crippen molar-refractivity contribution in [2.24, 2.45) is 0 Å². The van der Waals surface area contributed by atoms with E-state index in [1.807, 2.05) is 0 Å². The summed E-state index contributed by atoms with van der Waals surface area (Å²) in [4.78, 5) is 26.9. The maximum Gasteiger partial charge on any atom is 0.198 e. The van der Waals surface area contributed by atoms with Crippen molar-refractivity contribution in [3.8, 4) is 11.5 Å². The van der Waals surface area contributed by atoms with E-state index >= 15 is 0 Å². The molecule has 1 atom stereocenters. The maximum absolute atomic E-state index is 12.8. The van der Waals surface area contributed by atoms with Gasteiger partial charge in [-0.15, -0.1) is 0 Å². The van der Waals surface area contributed by atoms with Gasteiger partial charge in [0.2, 0.25) is 0 Å². The quantitative estimate of drug-likeness (QED) is 0.289. The normalized spacial score (nSPS) is 13.9. The molecule has 2 aromatic rings. The smallest absolute Gasteiger partial charge is 0.198 e. The van der Waals surface area contributed by atoms with Gasteiger partial charge in [0, 0.05) is 30.2 Å². The van der Waals surface area contributed by atoms with Gasteiger partial charge in [-0.25, -0.2) is 0 Å². The van der Waals surface area contributed by atoms with Crippen molar-refractivity contribution >= 4 is 17.3 Å². The molecule has 3 rings (SSSR count). The molecule has 0 saturated carbocycles. The number of hydrogen-bond acceptors (Lipinski definition) is 5. The summed E-state index contributed by atoms with van der Waals surface area (Å²) in [5.41, 5.74) is 0.489. The number of aromatic hydroxyl groups is 2. The van der Waals surface area contributed by atoms with Crippen molar-refractivity contribution in [3.63, 3.8) is 0 Å². The van der Waals surface area contributed by atoms with Gasteiger partial charge in [0.05, 0.1) is 37.0 Å². The van der Waals surface area contributed by atoms with Crippen LogP contribution in [0.2, 0.25) is 0 Å². The van der Waals surface area contributed by atoms with Crippen molar-refractivity contribution in [1.82, 2.24) is 0 Å². The molecule has 6 nitrogen and oxygen atoms in total. The maximum atomic E-state index is 12.8. The fraction of sp³-hybridized carbons (Fsp3) is 0.333. The second-order valence-electron chi connectivity index (χ2n) is 6.98. The van der Waals surface area contributed by atoms with E-state index in [0.29, 0.717) is 6.54 Å². The van der Waals surface area contributed by atoms with Gasteiger partial charge >= 0.3 is 0 Å². The standard InChI is InChI=1S/C21H24N2O4/c1-3-10-23(2)11-6-9-22-15-12-16(24)17-18(21(15)27)20(26)14-8-5-4-7-13(14)19(17)25/h4-5,7-8,12,22,24,27H,3,6,9-11H2,1-2H3/p+1. The molecule has 0 aromatic heterocycles. The van der Waals surface area contributed by atoms with E-state index in [1.54, 1.807) is 24.3 Å². The van der Waals surface area contributed by atoms with Gasteiger partial charge in [-0.2, -0.15) is 0 Å². The zero-order valence-corrected chi connectivity index (χ0v) is 15.6. The molecule has 4 N–H and O–H groups in total. The van der Waals surface area contributed by atoms with Crippen LogP contribution in [0.5, 0.6) is 11.5 Å². The van der Waals surface area contributed by atoms with E-state index in [9.17, 15) is 19.8 Å². The summed E-state index contributed by atoms with van der Waals surface area (Å²) < 4.78 is 0. The molecule has 0 heterocycles. The fourth-order valence-electron chi connectivity index (χ4n) is 3.56. The van der Waals surface area contributed by atoms with Crippen LogP contribution in [0.25, 0.3) is 0 Å². The Bertz CT molecular complexity index is 892. The Labute approximate surface area is 158 Å². The van der Waals surface area contributed by atoms with Crippen LogP contribution in [0, 0.1) is 0 Å². The number of phenolic OH excluding ortho intramolecular Hbond substituents is 2. The van der Waals surface area contributed by atoms with Gasteiger partial charge in [-0.1, -0.05) is 31.2 Å². The summed E-state index contributed by atoms with van der Waals surface area (Å²) in [5, 5.41) is 24.0. The number of nitrogens with one attached hydrogen (secondary N) is 2. The molecule has 142 valence electrons. The molecule has 0 fully saturated rings. The van der Waals surface area contributed by atoms with Crippen LogP contribution in [0.4, 0.5) is 5.69 Å². The first-order valence-electron chi connectivity index (χ1n) is 9.28. The van der Waals surface area contributed by atoms with Crippen LogP contribution in [-0.4, -0.2) is 48.5 Å². The van der Waals surface area contributed by atoms with Crippen LogP contribution in [0.3, 0.4) is 0 Å². The van der Waals surface area contributed by atoms with E-state index in [0.717, 1.165) is 25.9 Å². The number of carbonyl (C=O) groups is 2. The Kier molecular flexibility index (Phi) is 5.46. The van der Waals surface area contributed by atoms with E-state index in [-0.39, 0.29) is 39.4 Å². The highest BCUT2D eigenvalue weighted by Gasteiger charge is 2.35. The van der Waals surface area contributed by atoms with Crippen LogP contribution in [-0.2, 0) is 0 Å². The van der Waals surface area contributed by atoms with E-state index in [4.69, 9.17) is 0 Å². The minimum absolute atomic E-state index is 0.130. The molecule has 1 aliphatic rings. The van der Waals surface area contributed by atoms with Gasteiger partial charge in [-0.3, -0.25) is 9.59 Å². The lowest BCUT2D eigenvalue weighted by molar-refractivity contribution is -0.879. The second-order valence-corrected chi connectivity index (χ2v) is 6.98. The monoisotopic (exact) mass is 369 g/mol. The summed E-state index contributed by atoms with van der Waals surface area (Å²) in [7, 11) is 2.13. The zero-order chi connectivity index (χ0) is 19.6. The van der Waals surface area contributed by atoms with Crippen molar-refractivity contribution < 1.29 is 24.7 Å². The first-order valence-corrected chi connectivity index (χ1v) is 9.28. The number of rotatable bonds is 7. The third kappa shape index (κ3) is 3.53. The molecular weight excluding hydrogens is 344 g/mol. The highest BCUT2D eigenvalue weighted by Crippen LogP contribution is 2.42. The molecule has 2 aromatic carbocycles. The molecule has 6 heteroatoms. The van der Waals surface area contributed by atoms with Crippen molar-refractivity contribution in [3.05, 3.63) is 52.6 Å². The zero-order valence-electron chi connectivity index (χ0n) is 15.6. The van der Waals surface area contributed by atoms with Gasteiger partial charge < -0.3 is 20.4 Å². The Morgan fingerprint density at radius 2 is 1.63 bits per heavy atom. The number of anilines is 1. The van der Waals surface area contributed by atoms with E-state index in [2.05, 4.69) is 19.3 Å². The Balaban J connectivity index is 1.85. The second kappa shape index (κ2) is 7.80. The fourth-order valence-corrected chi connectivity index (χ4v) is 3.56. The van der Waals surface area contributed by atoms with E-state index < -0.39 is 11.6 Å². The molecule has 0 spiro atoms. The molecule has 0 aliphatic heterocycles. The van der Waals surface area contributed by atoms with Crippen molar-refractivity contribution in [2.75, 3.05) is 32.0 Å². The third-order valence-electron chi connectivity index (χ3n) is 4.92. The van der Waals surface area contributed by atoms with Crippen LogP contribution >= 0.6 is 0 Å². The Morgan fingerprint density at radius 3 is 2.26 bits per heavy atom. The molecule has 0 amide bonds. The molecule has 0 saturated heterocycles. The SMILES string of the molecule is CCC[NH+](C)CCCNc1cc(O)c2c(c1O)C(=O)c1ccccc1C2=O. The Morgan fingerprint density at radius 1 is 1.00 bits per heavy atom. The van der Waals surface area contributed by atoms with Crippen molar-refractivity contribution in [1.29, 1.82) is 0 Å². The van der Waals surface area contributed by atoms with Crippen LogP contribution < -0.4 is 10.2 Å². The largest absolute Gasteiger partial charge is 0.507 e. The number of ketones is 2. The molecule has 1 unspecified atom stereocenters. The molecule has 0 radical (unpaired) electrons. The topological polar surface area (TPSA) is 91.1 Å². The lowest BCUT2D eigenvalue weighted by atomic mass is 9.82. The lowest BCUT2D eigenvalue weighted by Crippen LogP contribution is -3.09. The summed E-state index contributed by atoms with van der Waals surface area (Å²) >= 11 is 0. The molecular formula is C21H25N2O4+. The summed E-state index contributed by atoms with van der Waals surface area (Å²) in [5.74, 6) is -1.50. The number of fused-ring (bicyclic) bond motifs is 2. The summed E-state index contributed by atoms with van der Waals surface area (Å²) in [6, 6.07) is 7.76. The minimum Gasteiger partial charge on any atom is -0.507 e. The molecule has 0 bridgehead atoms.